The molecule has 0 saturated heterocycles. The van der Waals surface area contributed by atoms with Gasteiger partial charge in [0, 0.05) is 16.3 Å². The molecule has 170 valence electrons. The molecule has 1 atom stereocenters. The van der Waals surface area contributed by atoms with Crippen LogP contribution >= 0.6 is 23.8 Å². The molecule has 34 heavy (non-hydrogen) atoms. The maximum Gasteiger partial charge on any atom is 0.258 e. The van der Waals surface area contributed by atoms with Crippen molar-refractivity contribution in [1.82, 2.24) is 15.5 Å². The van der Waals surface area contributed by atoms with Crippen molar-refractivity contribution in [3.8, 4) is 11.4 Å². The zero-order chi connectivity index (χ0) is 23.8. The Labute approximate surface area is 204 Å². The Morgan fingerprint density at radius 1 is 1.00 bits per heavy atom. The van der Waals surface area contributed by atoms with E-state index in [-0.39, 0.29) is 11.7 Å². The van der Waals surface area contributed by atoms with Crippen LogP contribution in [0.5, 0.6) is 0 Å². The summed E-state index contributed by atoms with van der Waals surface area (Å²) in [7, 11) is 0. The molecule has 4 aromatic rings. The lowest BCUT2D eigenvalue weighted by Gasteiger charge is -2.37. The van der Waals surface area contributed by atoms with Gasteiger partial charge in [-0.15, -0.1) is 0 Å². The van der Waals surface area contributed by atoms with Gasteiger partial charge in [-0.2, -0.15) is 4.98 Å². The lowest BCUT2D eigenvalue weighted by molar-refractivity contribution is 0.404. The molecule has 0 fully saturated rings. The van der Waals surface area contributed by atoms with Crippen molar-refractivity contribution in [3.63, 3.8) is 0 Å². The molecule has 0 radical (unpaired) electrons. The van der Waals surface area contributed by atoms with E-state index in [9.17, 15) is 8.78 Å². The van der Waals surface area contributed by atoms with E-state index in [0.29, 0.717) is 32.7 Å². The van der Waals surface area contributed by atoms with Crippen molar-refractivity contribution in [3.05, 3.63) is 107 Å². The maximum atomic E-state index is 14.0. The van der Waals surface area contributed by atoms with Crippen LogP contribution in [0.15, 0.2) is 83.0 Å². The second-order valence-corrected chi connectivity index (χ2v) is 8.51. The molecule has 0 bridgehead atoms. The lowest BCUT2D eigenvalue weighted by atomic mass is 9.94. The van der Waals surface area contributed by atoms with Crippen LogP contribution in [0, 0.1) is 11.6 Å². The fraction of sp³-hybridized carbons (Fsp3) is 0.0800. The summed E-state index contributed by atoms with van der Waals surface area (Å²) < 4.78 is 33.4. The Morgan fingerprint density at radius 3 is 2.47 bits per heavy atom. The van der Waals surface area contributed by atoms with Crippen molar-refractivity contribution < 1.29 is 13.3 Å². The van der Waals surface area contributed by atoms with Gasteiger partial charge in [-0.3, -0.25) is 4.90 Å². The van der Waals surface area contributed by atoms with Gasteiger partial charge >= 0.3 is 0 Å². The number of nitrogens with one attached hydrogen (secondary N) is 1. The number of hydrogen-bond donors (Lipinski definition) is 1. The van der Waals surface area contributed by atoms with E-state index in [1.165, 1.54) is 24.3 Å². The molecule has 0 amide bonds. The monoisotopic (exact) mass is 494 g/mol. The number of nitrogens with zero attached hydrogens (tertiary/aromatic N) is 3. The van der Waals surface area contributed by atoms with Gasteiger partial charge in [0.15, 0.2) is 5.11 Å². The van der Waals surface area contributed by atoms with Gasteiger partial charge in [0.05, 0.1) is 17.3 Å². The summed E-state index contributed by atoms with van der Waals surface area (Å²) in [6.07, 6.45) is 0. The van der Waals surface area contributed by atoms with E-state index < -0.39 is 17.7 Å². The van der Waals surface area contributed by atoms with Crippen molar-refractivity contribution in [2.45, 2.75) is 13.0 Å². The van der Waals surface area contributed by atoms with Gasteiger partial charge in [-0.25, -0.2) is 8.78 Å². The van der Waals surface area contributed by atoms with Crippen molar-refractivity contribution in [2.75, 3.05) is 4.90 Å². The smallest absolute Gasteiger partial charge is 0.258 e. The van der Waals surface area contributed by atoms with Crippen molar-refractivity contribution in [1.29, 1.82) is 0 Å². The van der Waals surface area contributed by atoms with E-state index in [1.54, 1.807) is 35.2 Å². The van der Waals surface area contributed by atoms with Gasteiger partial charge in [0.1, 0.15) is 11.6 Å². The lowest BCUT2D eigenvalue weighted by Crippen LogP contribution is -2.46. The zero-order valence-corrected chi connectivity index (χ0v) is 19.4. The number of thiocarbonyl (C=S) groups is 1. The summed E-state index contributed by atoms with van der Waals surface area (Å²) in [4.78, 5) is 6.25. The first-order valence-electron chi connectivity index (χ1n) is 10.3. The van der Waals surface area contributed by atoms with Gasteiger partial charge < -0.3 is 9.84 Å². The van der Waals surface area contributed by atoms with Crippen LogP contribution in [0.2, 0.25) is 5.02 Å². The topological polar surface area (TPSA) is 54.2 Å². The Hall–Kier alpha value is -3.62. The normalized spacial score (nSPS) is 16.1. The van der Waals surface area contributed by atoms with Crippen molar-refractivity contribution >= 4 is 40.2 Å². The predicted octanol–water partition coefficient (Wildman–Crippen LogP) is 6.54. The summed E-state index contributed by atoms with van der Waals surface area (Å²) in [5.41, 5.74) is 3.16. The molecule has 2 heterocycles. The highest BCUT2D eigenvalue weighted by molar-refractivity contribution is 7.80. The largest absolute Gasteiger partial charge is 0.351 e. The molecular weight excluding hydrogens is 478 g/mol. The minimum absolute atomic E-state index is 0.220. The first-order chi connectivity index (χ1) is 16.4. The summed E-state index contributed by atoms with van der Waals surface area (Å²) in [5, 5.41) is 8.29. The number of hydrogen-bond acceptors (Lipinski definition) is 4. The fourth-order valence-corrected chi connectivity index (χ4v) is 4.52. The van der Waals surface area contributed by atoms with E-state index >= 15 is 0 Å². The van der Waals surface area contributed by atoms with Crippen LogP contribution < -0.4 is 10.2 Å². The van der Waals surface area contributed by atoms with E-state index in [4.69, 9.17) is 28.3 Å². The van der Waals surface area contributed by atoms with Crippen molar-refractivity contribution in [2.24, 2.45) is 0 Å². The number of rotatable bonds is 4. The average Bonchev–Trinajstić information content (AvgIpc) is 3.28. The second kappa shape index (κ2) is 8.96. The van der Waals surface area contributed by atoms with Gasteiger partial charge in [-0.05, 0) is 67.2 Å². The summed E-state index contributed by atoms with van der Waals surface area (Å²) in [6.45, 7) is 1.84. The SMILES string of the molecule is CC1=C(c2nc(-c3cccc(F)c3)no2)C(c2cccc(Cl)c2)NC(=S)N1c1cccc(F)c1. The summed E-state index contributed by atoms with van der Waals surface area (Å²) in [6, 6.07) is 18.9. The van der Waals surface area contributed by atoms with E-state index in [0.717, 1.165) is 5.56 Å². The molecule has 1 aromatic heterocycles. The molecule has 1 unspecified atom stereocenters. The fourth-order valence-electron chi connectivity index (χ4n) is 3.96. The third-order valence-electron chi connectivity index (χ3n) is 5.47. The zero-order valence-electron chi connectivity index (χ0n) is 17.8. The summed E-state index contributed by atoms with van der Waals surface area (Å²) >= 11 is 11.9. The number of allylic oxidation sites excluding steroid dienone is 1. The molecule has 0 saturated carbocycles. The third-order valence-corrected chi connectivity index (χ3v) is 6.01. The maximum absolute atomic E-state index is 14.0. The molecule has 5 rings (SSSR count). The molecule has 1 N–H and O–H groups in total. The number of anilines is 1. The van der Waals surface area contributed by atoms with Crippen LogP contribution in [0.1, 0.15) is 24.4 Å². The van der Waals surface area contributed by atoms with Crippen LogP contribution in [-0.2, 0) is 0 Å². The molecular formula is C25H17ClF2N4OS. The molecule has 0 spiro atoms. The molecule has 0 aliphatic carbocycles. The van der Waals surface area contributed by atoms with Crippen LogP contribution in [0.4, 0.5) is 14.5 Å². The average molecular weight is 495 g/mol. The highest BCUT2D eigenvalue weighted by Crippen LogP contribution is 2.39. The molecule has 1 aliphatic rings. The Morgan fingerprint density at radius 2 is 1.74 bits per heavy atom. The second-order valence-electron chi connectivity index (χ2n) is 7.69. The van der Waals surface area contributed by atoms with Crippen LogP contribution in [0.3, 0.4) is 0 Å². The summed E-state index contributed by atoms with van der Waals surface area (Å²) in [5.74, 6) is -0.334. The first kappa shape index (κ1) is 22.2. The Balaban J connectivity index is 1.67. The van der Waals surface area contributed by atoms with Gasteiger partial charge in [-0.1, -0.05) is 47.1 Å². The Bertz CT molecular complexity index is 1440. The Kier molecular flexibility index (Phi) is 5.85. The quantitative estimate of drug-likeness (QED) is 0.325. The first-order valence-corrected chi connectivity index (χ1v) is 11.1. The molecule has 1 aliphatic heterocycles. The van der Waals surface area contributed by atoms with Gasteiger partial charge in [0.25, 0.3) is 5.89 Å². The predicted molar refractivity (Wildman–Crippen MR) is 131 cm³/mol. The van der Waals surface area contributed by atoms with E-state index in [1.807, 2.05) is 25.1 Å². The third kappa shape index (κ3) is 4.18. The minimum Gasteiger partial charge on any atom is -0.351 e. The molecule has 9 heteroatoms. The number of halogens is 3. The standard InChI is InChI=1S/C25H17ClF2N4OS/c1-14-21(24-30-23(31-33-24)16-6-3-8-18(27)12-16)22(15-5-2-7-17(26)11-15)29-25(34)32(14)20-10-4-9-19(28)13-20/h2-13,22H,1H3,(H,29,34). The number of benzene rings is 3. The van der Waals surface area contributed by atoms with Gasteiger partial charge in [0.2, 0.25) is 5.82 Å². The van der Waals surface area contributed by atoms with E-state index in [2.05, 4.69) is 15.5 Å². The number of aromatic nitrogens is 2. The molecule has 3 aromatic carbocycles. The van der Waals surface area contributed by atoms with Crippen LogP contribution in [-0.4, -0.2) is 15.3 Å². The highest BCUT2D eigenvalue weighted by atomic mass is 35.5. The molecule has 5 nitrogen and oxygen atoms in total. The highest BCUT2D eigenvalue weighted by Gasteiger charge is 2.35. The minimum atomic E-state index is -0.461. The van der Waals surface area contributed by atoms with Crippen LogP contribution in [0.25, 0.3) is 17.0 Å².